The second-order valence-corrected chi connectivity index (χ2v) is 6.01. The van der Waals surface area contributed by atoms with E-state index < -0.39 is 0 Å². The molecule has 0 aliphatic heterocycles. The summed E-state index contributed by atoms with van der Waals surface area (Å²) < 4.78 is 12.5. The van der Waals surface area contributed by atoms with Gasteiger partial charge in [0.05, 0.1) is 22.3 Å². The summed E-state index contributed by atoms with van der Waals surface area (Å²) in [5.74, 6) is 1.99. The van der Waals surface area contributed by atoms with Crippen molar-refractivity contribution in [2.45, 2.75) is 6.92 Å². The fourth-order valence-electron chi connectivity index (χ4n) is 1.52. The topological polar surface area (TPSA) is 56.3 Å². The highest BCUT2D eigenvalue weighted by molar-refractivity contribution is 9.11. The number of rotatable bonds is 5. The van der Waals surface area contributed by atoms with Crippen molar-refractivity contribution in [1.82, 2.24) is 9.97 Å². The first kappa shape index (κ1) is 16.3. The lowest BCUT2D eigenvalue weighted by Crippen LogP contribution is -2.03. The van der Waals surface area contributed by atoms with Gasteiger partial charge in [0, 0.05) is 6.54 Å². The molecule has 21 heavy (non-hydrogen) atoms. The van der Waals surface area contributed by atoms with Gasteiger partial charge in [0.25, 0.3) is 0 Å². The Labute approximate surface area is 144 Å². The Balaban J connectivity index is 2.33. The lowest BCUT2D eigenvalue weighted by Gasteiger charge is -2.12. The standard InChI is InChI=1S/C13H12Br2ClN3O2/c1-3-17-13-18-6-9(16)12(19-13)21-11-5-7(14)10(20-2)4-8(11)15/h4-6H,3H2,1-2H3,(H,17,18,19). The smallest absolute Gasteiger partial charge is 0.243 e. The van der Waals surface area contributed by atoms with E-state index in [4.69, 9.17) is 21.1 Å². The molecule has 0 aliphatic carbocycles. The molecule has 0 saturated heterocycles. The van der Waals surface area contributed by atoms with E-state index in [0.717, 1.165) is 8.95 Å². The van der Waals surface area contributed by atoms with Crippen LogP contribution in [0.3, 0.4) is 0 Å². The molecule has 0 bridgehead atoms. The number of benzene rings is 1. The second kappa shape index (κ2) is 7.29. The molecular weight excluding hydrogens is 425 g/mol. The zero-order valence-corrected chi connectivity index (χ0v) is 15.2. The number of halogens is 3. The Morgan fingerprint density at radius 2 is 1.90 bits per heavy atom. The fourth-order valence-corrected chi connectivity index (χ4v) is 2.53. The molecule has 0 aliphatic rings. The predicted octanol–water partition coefficient (Wildman–Crippen LogP) is 4.89. The molecule has 1 heterocycles. The lowest BCUT2D eigenvalue weighted by atomic mass is 10.3. The molecule has 8 heteroatoms. The summed E-state index contributed by atoms with van der Waals surface area (Å²) in [6.45, 7) is 2.66. The Morgan fingerprint density at radius 3 is 2.57 bits per heavy atom. The van der Waals surface area contributed by atoms with E-state index in [-0.39, 0.29) is 5.88 Å². The first-order valence-electron chi connectivity index (χ1n) is 6.02. The molecule has 1 N–H and O–H groups in total. The van der Waals surface area contributed by atoms with Crippen molar-refractivity contribution in [2.24, 2.45) is 0 Å². The Bertz CT molecular complexity index is 656. The number of nitrogens with zero attached hydrogens (tertiary/aromatic N) is 2. The van der Waals surface area contributed by atoms with Gasteiger partial charge >= 0.3 is 0 Å². The van der Waals surface area contributed by atoms with Gasteiger partial charge in [-0.15, -0.1) is 0 Å². The first-order valence-corrected chi connectivity index (χ1v) is 7.98. The molecule has 0 amide bonds. The van der Waals surface area contributed by atoms with Crippen LogP contribution in [0.1, 0.15) is 6.92 Å². The molecular formula is C13H12Br2ClN3O2. The summed E-state index contributed by atoms with van der Waals surface area (Å²) in [5.41, 5.74) is 0. The minimum atomic E-state index is 0.278. The first-order chi connectivity index (χ1) is 10.0. The van der Waals surface area contributed by atoms with Crippen LogP contribution in [0.2, 0.25) is 5.02 Å². The third-order valence-electron chi connectivity index (χ3n) is 2.46. The maximum absolute atomic E-state index is 6.07. The van der Waals surface area contributed by atoms with Crippen LogP contribution in [-0.2, 0) is 0 Å². The molecule has 1 aromatic heterocycles. The van der Waals surface area contributed by atoms with Crippen LogP contribution in [-0.4, -0.2) is 23.6 Å². The number of anilines is 1. The van der Waals surface area contributed by atoms with Gasteiger partial charge in [-0.3, -0.25) is 0 Å². The number of hydrogen-bond donors (Lipinski definition) is 1. The quantitative estimate of drug-likeness (QED) is 0.722. The summed E-state index contributed by atoms with van der Waals surface area (Å²) >= 11 is 12.9. The van der Waals surface area contributed by atoms with Crippen LogP contribution in [0.5, 0.6) is 17.4 Å². The summed E-state index contributed by atoms with van der Waals surface area (Å²) in [5, 5.41) is 3.33. The van der Waals surface area contributed by atoms with Crippen LogP contribution in [0.25, 0.3) is 0 Å². The number of hydrogen-bond acceptors (Lipinski definition) is 5. The van der Waals surface area contributed by atoms with Gasteiger partial charge in [0.1, 0.15) is 16.5 Å². The number of ether oxygens (including phenoxy) is 2. The molecule has 2 aromatic rings. The molecule has 0 saturated carbocycles. The van der Waals surface area contributed by atoms with E-state index in [1.807, 2.05) is 6.92 Å². The van der Waals surface area contributed by atoms with Crippen molar-refractivity contribution >= 4 is 49.4 Å². The van der Waals surface area contributed by atoms with Gasteiger partial charge in [-0.05, 0) is 50.9 Å². The lowest BCUT2D eigenvalue weighted by molar-refractivity contribution is 0.408. The average Bonchev–Trinajstić information content (AvgIpc) is 2.46. The minimum absolute atomic E-state index is 0.278. The van der Waals surface area contributed by atoms with E-state index in [0.29, 0.717) is 29.0 Å². The molecule has 1 aromatic carbocycles. The Hall–Kier alpha value is -1.05. The van der Waals surface area contributed by atoms with Gasteiger partial charge in [-0.2, -0.15) is 4.98 Å². The highest BCUT2D eigenvalue weighted by Crippen LogP contribution is 2.39. The molecule has 0 unspecified atom stereocenters. The van der Waals surface area contributed by atoms with Gasteiger partial charge < -0.3 is 14.8 Å². The largest absolute Gasteiger partial charge is 0.496 e. The molecule has 0 spiro atoms. The van der Waals surface area contributed by atoms with Crippen molar-refractivity contribution in [3.8, 4) is 17.4 Å². The maximum atomic E-state index is 6.07. The highest BCUT2D eigenvalue weighted by Gasteiger charge is 2.13. The van der Waals surface area contributed by atoms with Crippen LogP contribution in [0.4, 0.5) is 5.95 Å². The zero-order valence-electron chi connectivity index (χ0n) is 11.3. The van der Waals surface area contributed by atoms with Crippen LogP contribution in [0.15, 0.2) is 27.3 Å². The van der Waals surface area contributed by atoms with E-state index >= 15 is 0 Å². The predicted molar refractivity (Wildman–Crippen MR) is 89.7 cm³/mol. The van der Waals surface area contributed by atoms with Crippen molar-refractivity contribution in [2.75, 3.05) is 19.0 Å². The second-order valence-electron chi connectivity index (χ2n) is 3.90. The van der Waals surface area contributed by atoms with E-state index in [1.165, 1.54) is 6.20 Å². The third kappa shape index (κ3) is 3.99. The fraction of sp³-hybridized carbons (Fsp3) is 0.231. The van der Waals surface area contributed by atoms with Gasteiger partial charge in [-0.1, -0.05) is 11.6 Å². The molecule has 5 nitrogen and oxygen atoms in total. The van der Waals surface area contributed by atoms with Crippen molar-refractivity contribution in [1.29, 1.82) is 0 Å². The van der Waals surface area contributed by atoms with E-state index in [2.05, 4.69) is 47.1 Å². The van der Waals surface area contributed by atoms with Crippen molar-refractivity contribution in [3.63, 3.8) is 0 Å². The van der Waals surface area contributed by atoms with Crippen LogP contribution in [0, 0.1) is 0 Å². The number of aromatic nitrogens is 2. The monoisotopic (exact) mass is 435 g/mol. The molecule has 0 radical (unpaired) electrons. The Kier molecular flexibility index (Phi) is 5.66. The minimum Gasteiger partial charge on any atom is -0.496 e. The molecule has 2 rings (SSSR count). The van der Waals surface area contributed by atoms with Crippen molar-refractivity contribution < 1.29 is 9.47 Å². The van der Waals surface area contributed by atoms with E-state index in [1.54, 1.807) is 19.2 Å². The third-order valence-corrected chi connectivity index (χ3v) is 3.96. The highest BCUT2D eigenvalue weighted by atomic mass is 79.9. The SMILES string of the molecule is CCNc1ncc(Cl)c(Oc2cc(Br)c(OC)cc2Br)n1. The van der Waals surface area contributed by atoms with Crippen molar-refractivity contribution in [3.05, 3.63) is 32.3 Å². The number of nitrogens with one attached hydrogen (secondary N) is 1. The van der Waals surface area contributed by atoms with Gasteiger partial charge in [0.15, 0.2) is 0 Å². The zero-order chi connectivity index (χ0) is 15.4. The number of methoxy groups -OCH3 is 1. The summed E-state index contributed by atoms with van der Waals surface area (Å²) in [4.78, 5) is 8.29. The summed E-state index contributed by atoms with van der Waals surface area (Å²) in [6, 6.07) is 3.56. The van der Waals surface area contributed by atoms with Crippen LogP contribution < -0.4 is 14.8 Å². The maximum Gasteiger partial charge on any atom is 0.243 e. The van der Waals surface area contributed by atoms with Crippen LogP contribution >= 0.6 is 43.5 Å². The average molecular weight is 438 g/mol. The Morgan fingerprint density at radius 1 is 1.24 bits per heavy atom. The normalized spacial score (nSPS) is 10.3. The van der Waals surface area contributed by atoms with Gasteiger partial charge in [-0.25, -0.2) is 4.98 Å². The summed E-state index contributed by atoms with van der Waals surface area (Å²) in [6.07, 6.45) is 1.49. The van der Waals surface area contributed by atoms with E-state index in [9.17, 15) is 0 Å². The molecule has 112 valence electrons. The van der Waals surface area contributed by atoms with Gasteiger partial charge in [0.2, 0.25) is 11.8 Å². The molecule has 0 fully saturated rings. The molecule has 0 atom stereocenters. The summed E-state index contributed by atoms with van der Waals surface area (Å²) in [7, 11) is 1.59.